The molecular weight excluding hydrogens is 240 g/mol. The van der Waals surface area contributed by atoms with Gasteiger partial charge in [0.1, 0.15) is 0 Å². The molecule has 4 heteroatoms. The summed E-state index contributed by atoms with van der Waals surface area (Å²) in [5.74, 6) is 0.914. The van der Waals surface area contributed by atoms with Gasteiger partial charge in [-0.2, -0.15) is 0 Å². The SMILES string of the molecule is CCCCNC(=O)C1CCN(C(=O)C2CCC2)CC1. The second-order valence-electron chi connectivity index (χ2n) is 5.87. The van der Waals surface area contributed by atoms with Gasteiger partial charge in [-0.3, -0.25) is 9.59 Å². The van der Waals surface area contributed by atoms with Crippen molar-refractivity contribution >= 4 is 11.8 Å². The highest BCUT2D eigenvalue weighted by atomic mass is 16.2. The smallest absolute Gasteiger partial charge is 0.225 e. The summed E-state index contributed by atoms with van der Waals surface area (Å²) in [5, 5.41) is 3.00. The number of unbranched alkanes of at least 4 members (excludes halogenated alkanes) is 1. The normalized spacial score (nSPS) is 21.0. The molecule has 1 saturated heterocycles. The van der Waals surface area contributed by atoms with Crippen LogP contribution >= 0.6 is 0 Å². The van der Waals surface area contributed by atoms with Crippen LogP contribution in [0.15, 0.2) is 0 Å². The highest BCUT2D eigenvalue weighted by molar-refractivity contribution is 5.81. The maximum Gasteiger partial charge on any atom is 0.225 e. The molecule has 2 fully saturated rings. The lowest BCUT2D eigenvalue weighted by Crippen LogP contribution is -2.46. The summed E-state index contributed by atoms with van der Waals surface area (Å²) in [4.78, 5) is 26.0. The number of carbonyl (C=O) groups excluding carboxylic acids is 2. The summed E-state index contributed by atoms with van der Waals surface area (Å²) in [5.41, 5.74) is 0. The van der Waals surface area contributed by atoms with Gasteiger partial charge in [-0.05, 0) is 32.1 Å². The van der Waals surface area contributed by atoms with Crippen LogP contribution in [-0.2, 0) is 9.59 Å². The van der Waals surface area contributed by atoms with E-state index >= 15 is 0 Å². The highest BCUT2D eigenvalue weighted by Crippen LogP contribution is 2.29. The number of hydrogen-bond acceptors (Lipinski definition) is 2. The fourth-order valence-corrected chi connectivity index (χ4v) is 2.81. The van der Waals surface area contributed by atoms with Gasteiger partial charge in [0.15, 0.2) is 0 Å². The molecular formula is C15H26N2O2. The summed E-state index contributed by atoms with van der Waals surface area (Å²) < 4.78 is 0. The van der Waals surface area contributed by atoms with Crippen LogP contribution < -0.4 is 5.32 Å². The Balaban J connectivity index is 1.69. The summed E-state index contributed by atoms with van der Waals surface area (Å²) in [6, 6.07) is 0. The van der Waals surface area contributed by atoms with E-state index in [0.717, 1.165) is 58.2 Å². The number of rotatable bonds is 5. The molecule has 1 aliphatic heterocycles. The van der Waals surface area contributed by atoms with Gasteiger partial charge in [0, 0.05) is 31.5 Å². The number of nitrogens with one attached hydrogen (secondary N) is 1. The molecule has 0 unspecified atom stereocenters. The molecule has 0 aromatic heterocycles. The standard InChI is InChI=1S/C15H26N2O2/c1-2-3-9-16-14(18)12-7-10-17(11-8-12)15(19)13-5-4-6-13/h12-13H,2-11H2,1H3,(H,16,18). The van der Waals surface area contributed by atoms with Crippen molar-refractivity contribution in [1.82, 2.24) is 10.2 Å². The molecule has 2 amide bonds. The molecule has 1 aliphatic carbocycles. The lowest BCUT2D eigenvalue weighted by atomic mass is 9.83. The van der Waals surface area contributed by atoms with E-state index in [1.807, 2.05) is 4.90 Å². The van der Waals surface area contributed by atoms with Crippen molar-refractivity contribution in [2.75, 3.05) is 19.6 Å². The van der Waals surface area contributed by atoms with Gasteiger partial charge < -0.3 is 10.2 Å². The second-order valence-corrected chi connectivity index (χ2v) is 5.87. The quantitative estimate of drug-likeness (QED) is 0.773. The van der Waals surface area contributed by atoms with Crippen molar-refractivity contribution in [3.05, 3.63) is 0 Å². The molecule has 2 rings (SSSR count). The number of nitrogens with zero attached hydrogens (tertiary/aromatic N) is 1. The maximum absolute atomic E-state index is 12.1. The zero-order chi connectivity index (χ0) is 13.7. The van der Waals surface area contributed by atoms with E-state index < -0.39 is 0 Å². The van der Waals surface area contributed by atoms with Crippen molar-refractivity contribution in [2.45, 2.75) is 51.9 Å². The molecule has 108 valence electrons. The molecule has 0 bridgehead atoms. The first-order valence-corrected chi connectivity index (χ1v) is 7.79. The summed E-state index contributed by atoms with van der Waals surface area (Å²) in [6.07, 6.45) is 7.14. The Morgan fingerprint density at radius 1 is 1.11 bits per heavy atom. The highest BCUT2D eigenvalue weighted by Gasteiger charge is 2.33. The van der Waals surface area contributed by atoms with Gasteiger partial charge >= 0.3 is 0 Å². The maximum atomic E-state index is 12.1. The minimum atomic E-state index is 0.113. The molecule has 19 heavy (non-hydrogen) atoms. The Bertz CT molecular complexity index is 318. The number of piperidine rings is 1. The summed E-state index contributed by atoms with van der Waals surface area (Å²) in [7, 11) is 0. The molecule has 4 nitrogen and oxygen atoms in total. The zero-order valence-electron chi connectivity index (χ0n) is 12.0. The fraction of sp³-hybridized carbons (Fsp3) is 0.867. The molecule has 1 heterocycles. The van der Waals surface area contributed by atoms with Gasteiger partial charge in [0.05, 0.1) is 0 Å². The van der Waals surface area contributed by atoms with Crippen LogP contribution in [0.4, 0.5) is 0 Å². The van der Waals surface area contributed by atoms with Crippen LogP contribution in [0.25, 0.3) is 0 Å². The zero-order valence-corrected chi connectivity index (χ0v) is 12.0. The van der Waals surface area contributed by atoms with Crippen molar-refractivity contribution in [3.8, 4) is 0 Å². The van der Waals surface area contributed by atoms with E-state index in [9.17, 15) is 9.59 Å². The predicted molar refractivity (Wildman–Crippen MR) is 74.6 cm³/mol. The third-order valence-corrected chi connectivity index (χ3v) is 4.46. The van der Waals surface area contributed by atoms with Gasteiger partial charge in [0.2, 0.25) is 11.8 Å². The average molecular weight is 266 g/mol. The van der Waals surface area contributed by atoms with Crippen LogP contribution in [0.1, 0.15) is 51.9 Å². The lowest BCUT2D eigenvalue weighted by molar-refractivity contribution is -0.141. The van der Waals surface area contributed by atoms with Crippen LogP contribution in [0.5, 0.6) is 0 Å². The third-order valence-electron chi connectivity index (χ3n) is 4.46. The van der Waals surface area contributed by atoms with Crippen LogP contribution in [0.3, 0.4) is 0 Å². The van der Waals surface area contributed by atoms with Crippen LogP contribution in [0, 0.1) is 11.8 Å². The number of hydrogen-bond donors (Lipinski definition) is 1. The summed E-state index contributed by atoms with van der Waals surface area (Å²) >= 11 is 0. The molecule has 0 aromatic rings. The van der Waals surface area contributed by atoms with Crippen molar-refractivity contribution < 1.29 is 9.59 Å². The minimum absolute atomic E-state index is 0.113. The minimum Gasteiger partial charge on any atom is -0.356 e. The fourth-order valence-electron chi connectivity index (χ4n) is 2.81. The summed E-state index contributed by atoms with van der Waals surface area (Å²) in [6.45, 7) is 4.44. The molecule has 0 radical (unpaired) electrons. The second kappa shape index (κ2) is 6.92. The molecule has 1 N–H and O–H groups in total. The van der Waals surface area contributed by atoms with E-state index in [2.05, 4.69) is 12.2 Å². The van der Waals surface area contributed by atoms with E-state index in [-0.39, 0.29) is 17.7 Å². The molecule has 0 spiro atoms. The van der Waals surface area contributed by atoms with E-state index in [4.69, 9.17) is 0 Å². The molecule has 2 aliphatic rings. The van der Waals surface area contributed by atoms with Gasteiger partial charge in [-0.25, -0.2) is 0 Å². The van der Waals surface area contributed by atoms with Crippen molar-refractivity contribution in [1.29, 1.82) is 0 Å². The van der Waals surface area contributed by atoms with Gasteiger partial charge in [0.25, 0.3) is 0 Å². The first-order valence-electron chi connectivity index (χ1n) is 7.79. The Morgan fingerprint density at radius 3 is 2.32 bits per heavy atom. The van der Waals surface area contributed by atoms with E-state index in [0.29, 0.717) is 5.91 Å². The first kappa shape index (κ1) is 14.4. The van der Waals surface area contributed by atoms with Gasteiger partial charge in [-0.1, -0.05) is 19.8 Å². The first-order chi connectivity index (χ1) is 9.22. The Hall–Kier alpha value is -1.06. The van der Waals surface area contributed by atoms with Crippen LogP contribution in [0.2, 0.25) is 0 Å². The van der Waals surface area contributed by atoms with E-state index in [1.54, 1.807) is 0 Å². The van der Waals surface area contributed by atoms with Crippen molar-refractivity contribution in [2.24, 2.45) is 11.8 Å². The molecule has 0 atom stereocenters. The lowest BCUT2D eigenvalue weighted by Gasteiger charge is -2.36. The third kappa shape index (κ3) is 3.71. The average Bonchev–Trinajstić information content (AvgIpc) is 2.37. The van der Waals surface area contributed by atoms with E-state index in [1.165, 1.54) is 6.42 Å². The monoisotopic (exact) mass is 266 g/mol. The molecule has 1 saturated carbocycles. The Labute approximate surface area is 115 Å². The topological polar surface area (TPSA) is 49.4 Å². The molecule has 0 aromatic carbocycles. The largest absolute Gasteiger partial charge is 0.356 e. The number of likely N-dealkylation sites (tertiary alicyclic amines) is 1. The van der Waals surface area contributed by atoms with Crippen LogP contribution in [-0.4, -0.2) is 36.3 Å². The Kier molecular flexibility index (Phi) is 5.23. The van der Waals surface area contributed by atoms with Crippen molar-refractivity contribution in [3.63, 3.8) is 0 Å². The van der Waals surface area contributed by atoms with Gasteiger partial charge in [-0.15, -0.1) is 0 Å². The number of carbonyl (C=O) groups is 2. The predicted octanol–water partition coefficient (Wildman–Crippen LogP) is 1.94. The Morgan fingerprint density at radius 2 is 1.79 bits per heavy atom. The number of amides is 2.